The Kier molecular flexibility index (Phi) is 3.74. The number of halogens is 2. The number of ether oxygens (including phenoxy) is 1. The first kappa shape index (κ1) is 13.7. The van der Waals surface area contributed by atoms with E-state index < -0.39 is 80.3 Å². The van der Waals surface area contributed by atoms with Gasteiger partial charge in [0.25, 0.3) is 11.1 Å². The van der Waals surface area contributed by atoms with Crippen molar-refractivity contribution in [3.63, 3.8) is 0 Å². The molecule has 1 unspecified atom stereocenters. The van der Waals surface area contributed by atoms with Gasteiger partial charge in [0, 0.05) is 17.1 Å². The van der Waals surface area contributed by atoms with Crippen LogP contribution in [0.1, 0.15) is 39.2 Å². The third kappa shape index (κ3) is 4.06. The molecule has 3 rings (SSSR count). The fraction of sp³-hybridized carbons (Fsp3) is 0.176. The zero-order valence-corrected chi connectivity index (χ0v) is 15.8. The number of H-pyrrole nitrogens is 2. The van der Waals surface area contributed by atoms with Crippen molar-refractivity contribution in [1.29, 1.82) is 5.26 Å². The summed E-state index contributed by atoms with van der Waals surface area (Å²) in [6, 6.07) is 0.913. The van der Waals surface area contributed by atoms with Crippen LogP contribution in [0.3, 0.4) is 0 Å². The summed E-state index contributed by atoms with van der Waals surface area (Å²) in [5.41, 5.74) is -5.05. The number of rotatable bonds is 4. The molecular weight excluding hydrogens is 423 g/mol. The van der Waals surface area contributed by atoms with E-state index in [4.69, 9.17) is 41.4 Å². The van der Waals surface area contributed by atoms with Crippen molar-refractivity contribution in [2.24, 2.45) is 0 Å². The molecule has 10 nitrogen and oxygen atoms in total. The van der Waals surface area contributed by atoms with E-state index >= 15 is 0 Å². The molecule has 0 radical (unpaired) electrons. The van der Waals surface area contributed by atoms with Gasteiger partial charge in [0.15, 0.2) is 5.75 Å². The van der Waals surface area contributed by atoms with E-state index in [1.165, 1.54) is 6.07 Å². The van der Waals surface area contributed by atoms with E-state index in [0.29, 0.717) is 4.68 Å². The average molecular weight is 441 g/mol. The van der Waals surface area contributed by atoms with Gasteiger partial charge in [0.05, 0.1) is 18.5 Å². The summed E-state index contributed by atoms with van der Waals surface area (Å²) < 4.78 is 53.0. The monoisotopic (exact) mass is 440 g/mol. The Morgan fingerprint density at radius 1 is 1.34 bits per heavy atom. The molecule has 1 atom stereocenters. The lowest BCUT2D eigenvalue weighted by molar-refractivity contribution is 0.452. The largest absolute Gasteiger partial charge is 0.434 e. The second-order valence-corrected chi connectivity index (χ2v) is 6.12. The molecule has 0 aliphatic rings. The molecule has 29 heavy (non-hydrogen) atoms. The molecule has 2 N–H and O–H groups in total. The van der Waals surface area contributed by atoms with Gasteiger partial charge in [-0.05, 0) is 18.0 Å². The van der Waals surface area contributed by atoms with Gasteiger partial charge in [-0.2, -0.15) is 9.94 Å². The van der Waals surface area contributed by atoms with E-state index in [1.807, 2.05) is 10.1 Å². The fourth-order valence-electron chi connectivity index (χ4n) is 2.09. The lowest BCUT2D eigenvalue weighted by atomic mass is 10.1. The van der Waals surface area contributed by atoms with E-state index in [-0.39, 0.29) is 0 Å². The molecule has 0 aliphatic heterocycles. The maximum absolute atomic E-state index is 12.2. The SMILES string of the molecule is [2H]c1c(Cl)c(Oc2cc(C([2H])(C)C([2H])([2H])[2H])c(=O)[nH]n2)c(Cl)c([2H])c1-n1nc(C#N)c(=O)[nH]c1=O. The quantitative estimate of drug-likeness (QED) is 0.630. The maximum atomic E-state index is 12.2. The van der Waals surface area contributed by atoms with E-state index in [0.717, 1.165) is 13.0 Å². The van der Waals surface area contributed by atoms with Gasteiger partial charge in [-0.15, -0.1) is 10.2 Å². The van der Waals surface area contributed by atoms with Crippen LogP contribution in [0.2, 0.25) is 10.0 Å². The normalized spacial score (nSPS) is 16.2. The highest BCUT2D eigenvalue weighted by molar-refractivity contribution is 6.37. The van der Waals surface area contributed by atoms with E-state index in [2.05, 4.69) is 10.2 Å². The first-order valence-corrected chi connectivity index (χ1v) is 8.27. The molecule has 1 aromatic carbocycles. The molecule has 0 saturated heterocycles. The Labute approximate surface area is 180 Å². The number of aromatic nitrogens is 5. The highest BCUT2D eigenvalue weighted by Crippen LogP contribution is 2.37. The standard InChI is InChI=1S/C17H12Cl2N6O4/c1-7(2)9-5-13(22-23-15(9)26)29-14-10(18)3-8(4-11(14)19)25-17(28)21-16(27)12(6-20)24-25/h3-5,7H,1-2H3,(H,23,26)(H,21,27,28)/i1D3,3D,4D,7D. The van der Waals surface area contributed by atoms with Gasteiger partial charge in [0.1, 0.15) is 6.07 Å². The molecule has 0 saturated carbocycles. The maximum Gasteiger partial charge on any atom is 0.349 e. The summed E-state index contributed by atoms with van der Waals surface area (Å²) in [6.45, 7) is -1.89. The summed E-state index contributed by atoms with van der Waals surface area (Å²) >= 11 is 12.4. The van der Waals surface area contributed by atoms with Crippen molar-refractivity contribution in [3.8, 4) is 23.4 Å². The van der Waals surface area contributed by atoms with Crippen LogP contribution in [0.4, 0.5) is 0 Å². The second-order valence-electron chi connectivity index (χ2n) is 5.36. The van der Waals surface area contributed by atoms with Gasteiger partial charge in [-0.1, -0.05) is 37.0 Å². The summed E-state index contributed by atoms with van der Waals surface area (Å²) in [6.07, 6.45) is 0. The number of hydrogen-bond acceptors (Lipinski definition) is 7. The van der Waals surface area contributed by atoms with Crippen LogP contribution >= 0.6 is 23.2 Å². The molecule has 0 amide bonds. The van der Waals surface area contributed by atoms with Crippen molar-refractivity contribution in [3.05, 3.63) is 70.6 Å². The average Bonchev–Trinajstić information content (AvgIpc) is 2.77. The summed E-state index contributed by atoms with van der Waals surface area (Å²) in [4.78, 5) is 37.7. The highest BCUT2D eigenvalue weighted by Gasteiger charge is 2.16. The Balaban J connectivity index is 2.19. The minimum atomic E-state index is -2.89. The lowest BCUT2D eigenvalue weighted by Crippen LogP contribution is -2.33. The number of nitrogens with one attached hydrogen (secondary N) is 2. The molecule has 0 aliphatic carbocycles. The summed E-state index contributed by atoms with van der Waals surface area (Å²) in [5, 5.41) is 17.0. The van der Waals surface area contributed by atoms with Gasteiger partial charge in [-0.3, -0.25) is 14.6 Å². The van der Waals surface area contributed by atoms with Gasteiger partial charge >= 0.3 is 5.69 Å². The first-order valence-electron chi connectivity index (χ1n) is 10.5. The topological polar surface area (TPSA) is 147 Å². The van der Waals surface area contributed by atoms with Crippen LogP contribution in [-0.4, -0.2) is 25.0 Å². The molecular formula is C17H12Cl2N6O4. The molecule has 12 heteroatoms. The van der Waals surface area contributed by atoms with E-state index in [1.54, 1.807) is 0 Å². The summed E-state index contributed by atoms with van der Waals surface area (Å²) in [7, 11) is 0. The number of benzene rings is 1. The van der Waals surface area contributed by atoms with E-state index in [9.17, 15) is 14.4 Å². The van der Waals surface area contributed by atoms with Crippen LogP contribution in [0, 0.1) is 11.3 Å². The van der Waals surface area contributed by atoms with Gasteiger partial charge < -0.3 is 4.74 Å². The van der Waals surface area contributed by atoms with Crippen LogP contribution in [-0.2, 0) is 0 Å². The molecule has 0 spiro atoms. The Morgan fingerprint density at radius 2 is 2.03 bits per heavy atom. The predicted molar refractivity (Wildman–Crippen MR) is 104 cm³/mol. The lowest BCUT2D eigenvalue weighted by Gasteiger charge is -2.12. The van der Waals surface area contributed by atoms with Crippen LogP contribution in [0.25, 0.3) is 5.69 Å². The van der Waals surface area contributed by atoms with Crippen molar-refractivity contribution in [2.45, 2.75) is 19.7 Å². The molecule has 2 aromatic heterocycles. The fourth-order valence-corrected chi connectivity index (χ4v) is 2.59. The molecule has 3 aromatic rings. The first-order chi connectivity index (χ1) is 16.1. The van der Waals surface area contributed by atoms with Crippen molar-refractivity contribution < 1.29 is 13.0 Å². The van der Waals surface area contributed by atoms with Crippen molar-refractivity contribution >= 4 is 23.2 Å². The van der Waals surface area contributed by atoms with Gasteiger partial charge in [-0.25, -0.2) is 9.89 Å². The van der Waals surface area contributed by atoms with Crippen LogP contribution in [0.15, 0.2) is 32.5 Å². The summed E-state index contributed by atoms with van der Waals surface area (Å²) in [5.74, 6) is -3.34. The third-order valence-corrected chi connectivity index (χ3v) is 3.92. The smallest absolute Gasteiger partial charge is 0.349 e. The Hall–Kier alpha value is -3.42. The number of hydrogen-bond donors (Lipinski definition) is 2. The molecule has 0 fully saturated rings. The zero-order valence-electron chi connectivity index (χ0n) is 20.3. The number of nitriles is 1. The minimum Gasteiger partial charge on any atom is -0.434 e. The van der Waals surface area contributed by atoms with Gasteiger partial charge in [0.2, 0.25) is 11.6 Å². The second kappa shape index (κ2) is 7.90. The number of nitrogens with zero attached hydrogens (tertiary/aromatic N) is 4. The Bertz CT molecular complexity index is 1540. The third-order valence-electron chi connectivity index (χ3n) is 3.39. The van der Waals surface area contributed by atoms with Crippen molar-refractivity contribution in [1.82, 2.24) is 25.0 Å². The molecule has 148 valence electrons. The number of aromatic amines is 2. The van der Waals surface area contributed by atoms with Crippen LogP contribution < -0.4 is 21.5 Å². The van der Waals surface area contributed by atoms with Crippen molar-refractivity contribution in [2.75, 3.05) is 0 Å². The Morgan fingerprint density at radius 3 is 2.66 bits per heavy atom. The predicted octanol–water partition coefficient (Wildman–Crippen LogP) is 2.10. The molecule has 2 heterocycles. The highest BCUT2D eigenvalue weighted by atomic mass is 35.5. The molecule has 0 bridgehead atoms. The van der Waals surface area contributed by atoms with Crippen LogP contribution in [0.5, 0.6) is 11.6 Å². The minimum absolute atomic E-state index is 0.393. The zero-order chi connectivity index (χ0) is 26.5.